The molecule has 0 aromatic heterocycles. The Bertz CT molecular complexity index is 813. The van der Waals surface area contributed by atoms with Gasteiger partial charge in [-0.05, 0) is 91.6 Å². The summed E-state index contributed by atoms with van der Waals surface area (Å²) in [5.74, 6) is 3.02. The molecule has 5 atom stereocenters. The lowest BCUT2D eigenvalue weighted by Gasteiger charge is -2.44. The number of rotatable bonds is 9. The number of allylic oxidation sites excluding steroid dienone is 5. The standard InChI is InChI=1S/C32H50O2/c1-8-11-26(29-21-28(34-25(6)33)16-15-23(29)4)20-27-14-10-19-32(7)30(17-18-31(27)32)24(5)13-9-12-22(2)3/h8,20,22,24,28,30-31H,1,4,9-19,21H2,2-3,5-7H3/b27-20+,29-26+/t24-,28+,30-,31+,32-/m1/s1. The monoisotopic (exact) mass is 466 g/mol. The summed E-state index contributed by atoms with van der Waals surface area (Å²) in [5.41, 5.74) is 6.00. The maximum absolute atomic E-state index is 11.6. The second-order valence-corrected chi connectivity index (χ2v) is 12.2. The van der Waals surface area contributed by atoms with E-state index < -0.39 is 0 Å². The summed E-state index contributed by atoms with van der Waals surface area (Å²) in [4.78, 5) is 11.6. The minimum absolute atomic E-state index is 0.0182. The predicted molar refractivity (Wildman–Crippen MR) is 144 cm³/mol. The van der Waals surface area contributed by atoms with Crippen LogP contribution in [0.5, 0.6) is 0 Å². The molecule has 0 N–H and O–H groups in total. The Morgan fingerprint density at radius 1 is 1.18 bits per heavy atom. The highest BCUT2D eigenvalue weighted by Crippen LogP contribution is 2.60. The van der Waals surface area contributed by atoms with Crippen molar-refractivity contribution in [2.45, 2.75) is 118 Å². The summed E-state index contributed by atoms with van der Waals surface area (Å²) < 4.78 is 5.60. The quantitative estimate of drug-likeness (QED) is 0.250. The fourth-order valence-electron chi connectivity index (χ4n) is 7.54. The fourth-order valence-corrected chi connectivity index (χ4v) is 7.54. The summed E-state index contributed by atoms with van der Waals surface area (Å²) in [5, 5.41) is 0. The Hall–Kier alpha value is -1.57. The van der Waals surface area contributed by atoms with Crippen LogP contribution >= 0.6 is 0 Å². The van der Waals surface area contributed by atoms with Crippen molar-refractivity contribution in [3.63, 3.8) is 0 Å². The third-order valence-electron chi connectivity index (χ3n) is 9.24. The number of hydrogen-bond donors (Lipinski definition) is 0. The molecule has 3 saturated carbocycles. The van der Waals surface area contributed by atoms with Gasteiger partial charge in [-0.3, -0.25) is 4.79 Å². The molecule has 3 rings (SSSR count). The van der Waals surface area contributed by atoms with Crippen LogP contribution in [0.4, 0.5) is 0 Å². The largest absolute Gasteiger partial charge is 0.462 e. The van der Waals surface area contributed by atoms with Gasteiger partial charge in [0.2, 0.25) is 0 Å². The van der Waals surface area contributed by atoms with Crippen LogP contribution in [0.1, 0.15) is 112 Å². The molecule has 2 heteroatoms. The topological polar surface area (TPSA) is 26.3 Å². The van der Waals surface area contributed by atoms with Crippen molar-refractivity contribution >= 4 is 5.97 Å². The lowest BCUT2D eigenvalue weighted by atomic mass is 9.60. The van der Waals surface area contributed by atoms with E-state index in [0.29, 0.717) is 11.3 Å². The van der Waals surface area contributed by atoms with E-state index in [1.54, 1.807) is 5.57 Å². The average molecular weight is 467 g/mol. The number of fused-ring (bicyclic) bond motifs is 1. The molecule has 3 aliphatic carbocycles. The van der Waals surface area contributed by atoms with Gasteiger partial charge in [0.1, 0.15) is 6.10 Å². The first-order valence-electron chi connectivity index (χ1n) is 14.0. The van der Waals surface area contributed by atoms with Gasteiger partial charge in [0.05, 0.1) is 0 Å². The van der Waals surface area contributed by atoms with Crippen LogP contribution in [-0.2, 0) is 9.53 Å². The van der Waals surface area contributed by atoms with Crippen LogP contribution in [0.3, 0.4) is 0 Å². The molecule has 0 aliphatic heterocycles. The van der Waals surface area contributed by atoms with E-state index in [9.17, 15) is 4.79 Å². The molecule has 0 amide bonds. The number of hydrogen-bond acceptors (Lipinski definition) is 2. The molecule has 0 heterocycles. The van der Waals surface area contributed by atoms with Gasteiger partial charge in [-0.25, -0.2) is 0 Å². The minimum Gasteiger partial charge on any atom is -0.462 e. The predicted octanol–water partition coefficient (Wildman–Crippen LogP) is 9.14. The lowest BCUT2D eigenvalue weighted by molar-refractivity contribution is -0.146. The summed E-state index contributed by atoms with van der Waals surface area (Å²) in [7, 11) is 0. The van der Waals surface area contributed by atoms with Gasteiger partial charge in [-0.15, -0.1) is 6.58 Å². The highest BCUT2D eigenvalue weighted by Gasteiger charge is 2.50. The molecule has 0 radical (unpaired) electrons. The van der Waals surface area contributed by atoms with Gasteiger partial charge in [-0.2, -0.15) is 0 Å². The molecule has 0 aromatic rings. The molecule has 0 bridgehead atoms. The van der Waals surface area contributed by atoms with Crippen molar-refractivity contribution in [2.75, 3.05) is 0 Å². The van der Waals surface area contributed by atoms with E-state index >= 15 is 0 Å². The van der Waals surface area contributed by atoms with Gasteiger partial charge in [0.15, 0.2) is 0 Å². The first kappa shape index (κ1) is 27.0. The molecular weight excluding hydrogens is 416 g/mol. The van der Waals surface area contributed by atoms with E-state index in [1.807, 2.05) is 6.08 Å². The van der Waals surface area contributed by atoms with Crippen LogP contribution in [-0.4, -0.2) is 12.1 Å². The van der Waals surface area contributed by atoms with Crippen molar-refractivity contribution in [1.82, 2.24) is 0 Å². The number of esters is 1. The number of carbonyl (C=O) groups excluding carboxylic acids is 1. The van der Waals surface area contributed by atoms with Crippen molar-refractivity contribution in [1.29, 1.82) is 0 Å². The fraction of sp³-hybridized carbons (Fsp3) is 0.719. The lowest BCUT2D eigenvalue weighted by Crippen LogP contribution is -2.36. The van der Waals surface area contributed by atoms with E-state index in [2.05, 4.69) is 46.9 Å². The molecule has 0 saturated heterocycles. The highest BCUT2D eigenvalue weighted by molar-refractivity contribution is 5.66. The molecule has 0 aromatic carbocycles. The van der Waals surface area contributed by atoms with Crippen LogP contribution in [0.25, 0.3) is 0 Å². The number of carbonyl (C=O) groups is 1. The Morgan fingerprint density at radius 3 is 2.62 bits per heavy atom. The van der Waals surface area contributed by atoms with E-state index in [1.165, 1.54) is 75.0 Å². The summed E-state index contributed by atoms with van der Waals surface area (Å²) >= 11 is 0. The summed E-state index contributed by atoms with van der Waals surface area (Å²) in [6.07, 6.45) is 18.8. The third kappa shape index (κ3) is 6.35. The Morgan fingerprint density at radius 2 is 1.94 bits per heavy atom. The first-order chi connectivity index (χ1) is 16.2. The smallest absolute Gasteiger partial charge is 0.302 e. The molecule has 3 aliphatic rings. The maximum Gasteiger partial charge on any atom is 0.302 e. The van der Waals surface area contributed by atoms with Crippen molar-refractivity contribution in [3.8, 4) is 0 Å². The number of ether oxygens (including phenoxy) is 1. The molecule has 2 nitrogen and oxygen atoms in total. The van der Waals surface area contributed by atoms with Gasteiger partial charge in [0, 0.05) is 13.3 Å². The van der Waals surface area contributed by atoms with Gasteiger partial charge >= 0.3 is 5.97 Å². The molecular formula is C32H50O2. The molecule has 3 fully saturated rings. The minimum atomic E-state index is -0.178. The van der Waals surface area contributed by atoms with Crippen molar-refractivity contribution in [2.24, 2.45) is 29.1 Å². The Kier molecular flexibility index (Phi) is 9.47. The van der Waals surface area contributed by atoms with Gasteiger partial charge in [-0.1, -0.05) is 76.8 Å². The van der Waals surface area contributed by atoms with Crippen LogP contribution in [0, 0.1) is 29.1 Å². The highest BCUT2D eigenvalue weighted by atomic mass is 16.5. The van der Waals surface area contributed by atoms with Crippen molar-refractivity contribution in [3.05, 3.63) is 47.6 Å². The molecule has 34 heavy (non-hydrogen) atoms. The first-order valence-corrected chi connectivity index (χ1v) is 14.0. The molecule has 0 spiro atoms. The molecule has 190 valence electrons. The average Bonchev–Trinajstić information content (AvgIpc) is 3.12. The van der Waals surface area contributed by atoms with Crippen LogP contribution in [0.15, 0.2) is 47.6 Å². The zero-order valence-electron chi connectivity index (χ0n) is 22.8. The van der Waals surface area contributed by atoms with Crippen LogP contribution < -0.4 is 0 Å². The zero-order chi connectivity index (χ0) is 24.9. The maximum atomic E-state index is 11.6. The Balaban J connectivity index is 1.83. The van der Waals surface area contributed by atoms with E-state index in [4.69, 9.17) is 4.74 Å². The third-order valence-corrected chi connectivity index (χ3v) is 9.24. The second-order valence-electron chi connectivity index (χ2n) is 12.2. The summed E-state index contributed by atoms with van der Waals surface area (Å²) in [6, 6.07) is 0. The zero-order valence-corrected chi connectivity index (χ0v) is 22.8. The summed E-state index contributed by atoms with van der Waals surface area (Å²) in [6.45, 7) is 19.8. The normalized spacial score (nSPS) is 33.1. The SMILES string of the molecule is C=CCC(/C=C1\CCC[C@]2(C)[C@@H]([C@H](C)CCCC(C)C)CC[C@@H]12)=C1/C[C@@H](OC(C)=O)CCC1=C. The van der Waals surface area contributed by atoms with Crippen molar-refractivity contribution < 1.29 is 9.53 Å². The molecule has 0 unspecified atom stereocenters. The van der Waals surface area contributed by atoms with Gasteiger partial charge in [0.25, 0.3) is 0 Å². The van der Waals surface area contributed by atoms with E-state index in [-0.39, 0.29) is 12.1 Å². The van der Waals surface area contributed by atoms with Crippen LogP contribution in [0.2, 0.25) is 0 Å². The van der Waals surface area contributed by atoms with E-state index in [0.717, 1.165) is 43.4 Å². The Labute approximate surface area is 210 Å². The van der Waals surface area contributed by atoms with Gasteiger partial charge < -0.3 is 4.74 Å². The second kappa shape index (κ2) is 11.9.